The first-order valence-corrected chi connectivity index (χ1v) is 9.58. The van der Waals surface area contributed by atoms with Gasteiger partial charge in [0, 0.05) is 45.3 Å². The van der Waals surface area contributed by atoms with Gasteiger partial charge in [-0.05, 0) is 37.7 Å². The van der Waals surface area contributed by atoms with Gasteiger partial charge in [0.15, 0.2) is 5.82 Å². The lowest BCUT2D eigenvalue weighted by Crippen LogP contribution is -2.41. The van der Waals surface area contributed by atoms with Crippen LogP contribution in [0, 0.1) is 11.7 Å². The molecule has 26 heavy (non-hydrogen) atoms. The highest BCUT2D eigenvalue weighted by Crippen LogP contribution is 2.28. The summed E-state index contributed by atoms with van der Waals surface area (Å²) in [5.74, 6) is 0.344. The van der Waals surface area contributed by atoms with Gasteiger partial charge >= 0.3 is 0 Å². The van der Waals surface area contributed by atoms with Gasteiger partial charge in [0.1, 0.15) is 0 Å². The molecule has 0 unspecified atom stereocenters. The molecule has 1 N–H and O–H groups in total. The smallest absolute Gasteiger partial charge is 0.219 e. The SMILES string of the molecule is CC(=O)N1CCC(OCC2CCN(c3cccc(CO)c3F)CC2)CC1. The third-order valence-electron chi connectivity index (χ3n) is 5.64. The van der Waals surface area contributed by atoms with Crippen LogP contribution in [-0.2, 0) is 16.1 Å². The number of ether oxygens (including phenoxy) is 1. The van der Waals surface area contributed by atoms with E-state index in [9.17, 15) is 14.3 Å². The second-order valence-corrected chi connectivity index (χ2v) is 7.38. The van der Waals surface area contributed by atoms with Gasteiger partial charge in [-0.3, -0.25) is 4.79 Å². The zero-order valence-electron chi connectivity index (χ0n) is 15.5. The molecular weight excluding hydrogens is 335 g/mol. The number of benzene rings is 1. The highest BCUT2D eigenvalue weighted by Gasteiger charge is 2.25. The molecule has 0 bridgehead atoms. The number of aliphatic hydroxyl groups excluding tert-OH is 1. The molecule has 5 nitrogen and oxygen atoms in total. The fourth-order valence-corrected chi connectivity index (χ4v) is 3.88. The van der Waals surface area contributed by atoms with Gasteiger partial charge in [0.05, 0.1) is 18.4 Å². The van der Waals surface area contributed by atoms with Crippen molar-refractivity contribution in [2.24, 2.45) is 5.92 Å². The first-order chi connectivity index (χ1) is 12.6. The number of likely N-dealkylation sites (tertiary alicyclic amines) is 1. The van der Waals surface area contributed by atoms with E-state index in [1.54, 1.807) is 25.1 Å². The van der Waals surface area contributed by atoms with Crippen molar-refractivity contribution in [3.8, 4) is 0 Å². The maximum atomic E-state index is 14.4. The summed E-state index contributed by atoms with van der Waals surface area (Å²) in [5.41, 5.74) is 0.942. The minimum atomic E-state index is -0.304. The van der Waals surface area contributed by atoms with Crippen LogP contribution in [0.3, 0.4) is 0 Å². The highest BCUT2D eigenvalue weighted by atomic mass is 19.1. The first-order valence-electron chi connectivity index (χ1n) is 9.58. The van der Waals surface area contributed by atoms with Crippen LogP contribution in [0.5, 0.6) is 0 Å². The Balaban J connectivity index is 1.43. The average molecular weight is 364 g/mol. The van der Waals surface area contributed by atoms with Gasteiger partial charge in [-0.15, -0.1) is 0 Å². The molecule has 2 aliphatic rings. The van der Waals surface area contributed by atoms with Crippen molar-refractivity contribution < 1.29 is 19.0 Å². The van der Waals surface area contributed by atoms with E-state index in [0.29, 0.717) is 17.2 Å². The number of piperidine rings is 2. The minimum Gasteiger partial charge on any atom is -0.392 e. The van der Waals surface area contributed by atoms with Crippen molar-refractivity contribution in [1.82, 2.24) is 4.90 Å². The fourth-order valence-electron chi connectivity index (χ4n) is 3.88. The summed E-state index contributed by atoms with van der Waals surface area (Å²) in [6.45, 7) is 5.29. The normalized spacial score (nSPS) is 19.8. The molecule has 6 heteroatoms. The summed E-state index contributed by atoms with van der Waals surface area (Å²) in [6.07, 6.45) is 4.04. The van der Waals surface area contributed by atoms with Crippen molar-refractivity contribution >= 4 is 11.6 Å². The van der Waals surface area contributed by atoms with E-state index in [1.807, 2.05) is 4.90 Å². The summed E-state index contributed by atoms with van der Waals surface area (Å²) >= 11 is 0. The Morgan fingerprint density at radius 1 is 1.19 bits per heavy atom. The number of carbonyl (C=O) groups is 1. The number of nitrogens with zero attached hydrogens (tertiary/aromatic N) is 2. The molecule has 0 radical (unpaired) electrons. The number of rotatable bonds is 5. The number of hydrogen-bond donors (Lipinski definition) is 1. The third-order valence-corrected chi connectivity index (χ3v) is 5.64. The van der Waals surface area contributed by atoms with E-state index in [-0.39, 0.29) is 24.4 Å². The van der Waals surface area contributed by atoms with Crippen LogP contribution >= 0.6 is 0 Å². The van der Waals surface area contributed by atoms with Crippen LogP contribution in [0.2, 0.25) is 0 Å². The monoisotopic (exact) mass is 364 g/mol. The molecular formula is C20H29FN2O3. The van der Waals surface area contributed by atoms with Crippen LogP contribution in [-0.4, -0.2) is 54.8 Å². The summed E-state index contributed by atoms with van der Waals surface area (Å²) in [7, 11) is 0. The number of aliphatic hydroxyl groups is 1. The maximum absolute atomic E-state index is 14.4. The zero-order valence-corrected chi connectivity index (χ0v) is 15.5. The molecule has 2 aliphatic heterocycles. The van der Waals surface area contributed by atoms with Gasteiger partial charge in [-0.2, -0.15) is 0 Å². The number of anilines is 1. The van der Waals surface area contributed by atoms with Crippen molar-refractivity contribution in [3.63, 3.8) is 0 Å². The molecule has 0 atom stereocenters. The Bertz CT molecular complexity index is 609. The van der Waals surface area contributed by atoms with Crippen molar-refractivity contribution in [1.29, 1.82) is 0 Å². The molecule has 2 saturated heterocycles. The lowest BCUT2D eigenvalue weighted by Gasteiger charge is -2.36. The minimum absolute atomic E-state index is 0.147. The van der Waals surface area contributed by atoms with E-state index < -0.39 is 0 Å². The van der Waals surface area contributed by atoms with Gasteiger partial charge in [-0.1, -0.05) is 12.1 Å². The number of carbonyl (C=O) groups excluding carboxylic acids is 1. The predicted molar refractivity (Wildman–Crippen MR) is 98.5 cm³/mol. The van der Waals surface area contributed by atoms with E-state index in [0.717, 1.165) is 58.5 Å². The molecule has 144 valence electrons. The Labute approximate surface area is 154 Å². The summed E-state index contributed by atoms with van der Waals surface area (Å²) < 4.78 is 20.5. The number of halogens is 1. The summed E-state index contributed by atoms with van der Waals surface area (Å²) in [4.78, 5) is 15.3. The molecule has 0 saturated carbocycles. The second kappa shape index (κ2) is 8.82. The fraction of sp³-hybridized carbons (Fsp3) is 0.650. The lowest BCUT2D eigenvalue weighted by atomic mass is 9.96. The van der Waals surface area contributed by atoms with Crippen LogP contribution in [0.1, 0.15) is 38.2 Å². The highest BCUT2D eigenvalue weighted by molar-refractivity contribution is 5.73. The van der Waals surface area contributed by atoms with E-state index >= 15 is 0 Å². The average Bonchev–Trinajstić information content (AvgIpc) is 2.67. The molecule has 1 aromatic rings. The topological polar surface area (TPSA) is 53.0 Å². The van der Waals surface area contributed by atoms with Crippen LogP contribution in [0.4, 0.5) is 10.1 Å². The van der Waals surface area contributed by atoms with Crippen molar-refractivity contribution in [2.75, 3.05) is 37.7 Å². The van der Waals surface area contributed by atoms with Crippen LogP contribution in [0.15, 0.2) is 18.2 Å². The Morgan fingerprint density at radius 3 is 2.50 bits per heavy atom. The van der Waals surface area contributed by atoms with E-state index in [4.69, 9.17) is 4.74 Å². The molecule has 0 aromatic heterocycles. The molecule has 2 heterocycles. The molecule has 1 aromatic carbocycles. The zero-order chi connectivity index (χ0) is 18.5. The molecule has 3 rings (SSSR count). The standard InChI is InChI=1S/C20H29FN2O3/c1-15(25)22-11-7-18(8-12-22)26-14-16-5-9-23(10-6-16)19-4-2-3-17(13-24)20(19)21/h2-4,16,18,24H,5-14H2,1H3. The van der Waals surface area contributed by atoms with Gasteiger partial charge in [-0.25, -0.2) is 4.39 Å². The maximum Gasteiger partial charge on any atom is 0.219 e. The Kier molecular flexibility index (Phi) is 6.48. The van der Waals surface area contributed by atoms with E-state index in [1.165, 1.54) is 0 Å². The van der Waals surface area contributed by atoms with E-state index in [2.05, 4.69) is 4.90 Å². The molecule has 1 amide bonds. The third kappa shape index (κ3) is 4.54. The summed E-state index contributed by atoms with van der Waals surface area (Å²) in [5, 5.41) is 9.23. The summed E-state index contributed by atoms with van der Waals surface area (Å²) in [6, 6.07) is 5.21. The quantitative estimate of drug-likeness (QED) is 0.872. The van der Waals surface area contributed by atoms with Gasteiger partial charge < -0.3 is 19.6 Å². The lowest BCUT2D eigenvalue weighted by molar-refractivity contribution is -0.131. The molecule has 0 aliphatic carbocycles. The second-order valence-electron chi connectivity index (χ2n) is 7.38. The Morgan fingerprint density at radius 2 is 1.88 bits per heavy atom. The predicted octanol–water partition coefficient (Wildman–Crippen LogP) is 2.56. The van der Waals surface area contributed by atoms with Crippen molar-refractivity contribution in [2.45, 2.75) is 45.3 Å². The van der Waals surface area contributed by atoms with Gasteiger partial charge in [0.25, 0.3) is 0 Å². The van der Waals surface area contributed by atoms with Crippen molar-refractivity contribution in [3.05, 3.63) is 29.6 Å². The molecule has 0 spiro atoms. The number of hydrogen-bond acceptors (Lipinski definition) is 4. The molecule has 2 fully saturated rings. The number of amides is 1. The van der Waals surface area contributed by atoms with Gasteiger partial charge in [0.2, 0.25) is 5.91 Å². The Hall–Kier alpha value is -1.66. The first kappa shape index (κ1) is 19.1. The van der Waals surface area contributed by atoms with Crippen LogP contribution in [0.25, 0.3) is 0 Å². The van der Waals surface area contributed by atoms with Crippen LogP contribution < -0.4 is 4.90 Å². The largest absolute Gasteiger partial charge is 0.392 e.